The van der Waals surface area contributed by atoms with E-state index >= 15 is 0 Å². The van der Waals surface area contributed by atoms with E-state index in [2.05, 4.69) is 31.2 Å². The summed E-state index contributed by atoms with van der Waals surface area (Å²) in [5.41, 5.74) is 5.93. The molecular formula is C18H19ClO. The predicted molar refractivity (Wildman–Crippen MR) is 83.2 cm³/mol. The first kappa shape index (κ1) is 13.7. The second kappa shape index (κ2) is 5.23. The number of aliphatic hydroxyl groups excluding tert-OH is 1. The Balaban J connectivity index is 1.88. The van der Waals surface area contributed by atoms with Crippen molar-refractivity contribution < 1.29 is 5.11 Å². The Morgan fingerprint density at radius 3 is 2.20 bits per heavy atom. The molecule has 1 aliphatic rings. The van der Waals surface area contributed by atoms with Crippen molar-refractivity contribution >= 4 is 11.6 Å². The molecule has 0 bridgehead atoms. The predicted octanol–water partition coefficient (Wildman–Crippen LogP) is 4.41. The lowest BCUT2D eigenvalue weighted by atomic mass is 9.91. The lowest BCUT2D eigenvalue weighted by molar-refractivity contribution is 0.113. The van der Waals surface area contributed by atoms with E-state index in [0.29, 0.717) is 5.02 Å². The first-order valence-electron chi connectivity index (χ1n) is 7.07. The third-order valence-electron chi connectivity index (χ3n) is 4.46. The van der Waals surface area contributed by atoms with Gasteiger partial charge in [-0.3, -0.25) is 0 Å². The van der Waals surface area contributed by atoms with Crippen molar-refractivity contribution in [2.75, 3.05) is 0 Å². The molecule has 2 aromatic rings. The van der Waals surface area contributed by atoms with Crippen molar-refractivity contribution in [3.8, 4) is 0 Å². The van der Waals surface area contributed by atoms with Crippen LogP contribution in [0.1, 0.15) is 33.9 Å². The van der Waals surface area contributed by atoms with Gasteiger partial charge in [-0.1, -0.05) is 41.9 Å². The summed E-state index contributed by atoms with van der Waals surface area (Å²) < 4.78 is 0. The van der Waals surface area contributed by atoms with Crippen LogP contribution in [0, 0.1) is 19.8 Å². The highest BCUT2D eigenvalue weighted by atomic mass is 35.5. The summed E-state index contributed by atoms with van der Waals surface area (Å²) in [5.74, 6) is 0.229. The minimum atomic E-state index is -0.491. The van der Waals surface area contributed by atoms with Crippen LogP contribution in [-0.2, 0) is 12.8 Å². The molecule has 0 aliphatic heterocycles. The molecule has 0 spiro atoms. The molecule has 1 aliphatic carbocycles. The van der Waals surface area contributed by atoms with E-state index in [1.54, 1.807) is 0 Å². The number of aliphatic hydroxyl groups is 1. The van der Waals surface area contributed by atoms with Gasteiger partial charge in [-0.15, -0.1) is 0 Å². The van der Waals surface area contributed by atoms with Crippen LogP contribution in [0.25, 0.3) is 0 Å². The molecule has 1 unspecified atom stereocenters. The van der Waals surface area contributed by atoms with Crippen LogP contribution in [0.5, 0.6) is 0 Å². The van der Waals surface area contributed by atoms with E-state index in [0.717, 1.165) is 18.4 Å². The Hall–Kier alpha value is -1.31. The van der Waals surface area contributed by atoms with Crippen LogP contribution in [0.2, 0.25) is 5.02 Å². The molecule has 0 fully saturated rings. The Morgan fingerprint density at radius 2 is 1.60 bits per heavy atom. The summed E-state index contributed by atoms with van der Waals surface area (Å²) in [7, 11) is 0. The number of hydrogen-bond acceptors (Lipinski definition) is 1. The van der Waals surface area contributed by atoms with Gasteiger partial charge < -0.3 is 5.11 Å². The molecule has 0 heterocycles. The van der Waals surface area contributed by atoms with Gasteiger partial charge >= 0.3 is 0 Å². The van der Waals surface area contributed by atoms with E-state index in [9.17, 15) is 5.11 Å². The van der Waals surface area contributed by atoms with Gasteiger partial charge in [0.2, 0.25) is 0 Å². The Labute approximate surface area is 125 Å². The van der Waals surface area contributed by atoms with Gasteiger partial charge in [0, 0.05) is 5.02 Å². The lowest BCUT2D eigenvalue weighted by Crippen LogP contribution is -2.13. The van der Waals surface area contributed by atoms with E-state index in [4.69, 9.17) is 11.6 Å². The van der Waals surface area contributed by atoms with E-state index in [1.807, 2.05) is 19.1 Å². The maximum Gasteiger partial charge on any atom is 0.0839 e. The van der Waals surface area contributed by atoms with Gasteiger partial charge in [-0.25, -0.2) is 0 Å². The molecule has 20 heavy (non-hydrogen) atoms. The Kier molecular flexibility index (Phi) is 3.57. The Morgan fingerprint density at radius 1 is 1.05 bits per heavy atom. The fourth-order valence-corrected chi connectivity index (χ4v) is 3.43. The van der Waals surface area contributed by atoms with E-state index in [-0.39, 0.29) is 5.92 Å². The SMILES string of the molecule is Cc1cc(Cl)c(C(O)C2Cc3ccccc3C2)cc1C. The molecule has 0 saturated heterocycles. The summed E-state index contributed by atoms with van der Waals surface area (Å²) in [5, 5.41) is 11.4. The standard InChI is InChI=1S/C18H19ClO/c1-11-7-16(17(19)8-12(11)2)18(20)15-9-13-5-3-4-6-14(13)10-15/h3-8,15,18,20H,9-10H2,1-2H3. The molecular weight excluding hydrogens is 268 g/mol. The number of halogens is 1. The maximum absolute atomic E-state index is 10.7. The van der Waals surface area contributed by atoms with Crippen molar-refractivity contribution in [3.63, 3.8) is 0 Å². The summed E-state index contributed by atoms with van der Waals surface area (Å²) in [4.78, 5) is 0. The summed E-state index contributed by atoms with van der Waals surface area (Å²) in [6.07, 6.45) is 1.37. The highest BCUT2D eigenvalue weighted by molar-refractivity contribution is 6.31. The first-order valence-corrected chi connectivity index (χ1v) is 7.45. The summed E-state index contributed by atoms with van der Waals surface area (Å²) in [6.45, 7) is 4.11. The largest absolute Gasteiger partial charge is 0.388 e. The fraction of sp³-hybridized carbons (Fsp3) is 0.333. The van der Waals surface area contributed by atoms with E-state index in [1.165, 1.54) is 22.3 Å². The molecule has 0 aromatic heterocycles. The third kappa shape index (κ3) is 2.36. The summed E-state index contributed by atoms with van der Waals surface area (Å²) in [6, 6.07) is 12.4. The molecule has 1 atom stereocenters. The maximum atomic E-state index is 10.7. The zero-order valence-electron chi connectivity index (χ0n) is 11.9. The lowest BCUT2D eigenvalue weighted by Gasteiger charge is -2.20. The highest BCUT2D eigenvalue weighted by Crippen LogP contribution is 2.38. The smallest absolute Gasteiger partial charge is 0.0839 e. The van der Waals surface area contributed by atoms with Gasteiger partial charge in [-0.2, -0.15) is 0 Å². The number of hydrogen-bond donors (Lipinski definition) is 1. The van der Waals surface area contributed by atoms with E-state index < -0.39 is 6.10 Å². The molecule has 104 valence electrons. The number of benzene rings is 2. The third-order valence-corrected chi connectivity index (χ3v) is 4.79. The molecule has 0 amide bonds. The first-order chi connectivity index (χ1) is 9.56. The van der Waals surface area contributed by atoms with Crippen molar-refractivity contribution in [2.24, 2.45) is 5.92 Å². The van der Waals surface area contributed by atoms with Gasteiger partial charge in [-0.05, 0) is 66.5 Å². The fourth-order valence-electron chi connectivity index (χ4n) is 3.10. The molecule has 1 nitrogen and oxygen atoms in total. The average Bonchev–Trinajstić information content (AvgIpc) is 2.86. The monoisotopic (exact) mass is 286 g/mol. The minimum Gasteiger partial charge on any atom is -0.388 e. The van der Waals surface area contributed by atoms with Crippen molar-refractivity contribution in [3.05, 3.63) is 69.2 Å². The Bertz CT molecular complexity index is 623. The zero-order valence-corrected chi connectivity index (χ0v) is 12.6. The summed E-state index contributed by atoms with van der Waals surface area (Å²) >= 11 is 6.33. The van der Waals surface area contributed by atoms with Crippen molar-refractivity contribution in [1.82, 2.24) is 0 Å². The molecule has 1 N–H and O–H groups in total. The van der Waals surface area contributed by atoms with Crippen molar-refractivity contribution in [1.29, 1.82) is 0 Å². The second-order valence-electron chi connectivity index (χ2n) is 5.84. The van der Waals surface area contributed by atoms with Gasteiger partial charge in [0.25, 0.3) is 0 Å². The van der Waals surface area contributed by atoms with Crippen LogP contribution in [0.4, 0.5) is 0 Å². The quantitative estimate of drug-likeness (QED) is 0.867. The number of fused-ring (bicyclic) bond motifs is 1. The van der Waals surface area contributed by atoms with Gasteiger partial charge in [0.15, 0.2) is 0 Å². The molecule has 2 aromatic carbocycles. The van der Waals surface area contributed by atoms with Crippen LogP contribution in [-0.4, -0.2) is 5.11 Å². The highest BCUT2D eigenvalue weighted by Gasteiger charge is 2.29. The van der Waals surface area contributed by atoms with Crippen LogP contribution in [0.3, 0.4) is 0 Å². The topological polar surface area (TPSA) is 20.2 Å². The van der Waals surface area contributed by atoms with Gasteiger partial charge in [0.05, 0.1) is 6.10 Å². The average molecular weight is 287 g/mol. The van der Waals surface area contributed by atoms with Gasteiger partial charge in [0.1, 0.15) is 0 Å². The normalized spacial score (nSPS) is 16.2. The molecule has 0 saturated carbocycles. The molecule has 3 rings (SSSR count). The number of rotatable bonds is 2. The van der Waals surface area contributed by atoms with Crippen LogP contribution < -0.4 is 0 Å². The molecule has 0 radical (unpaired) electrons. The number of aryl methyl sites for hydroxylation is 2. The second-order valence-corrected chi connectivity index (χ2v) is 6.25. The minimum absolute atomic E-state index is 0.229. The van der Waals surface area contributed by atoms with Crippen LogP contribution >= 0.6 is 11.6 Å². The van der Waals surface area contributed by atoms with Crippen molar-refractivity contribution in [2.45, 2.75) is 32.8 Å². The molecule has 2 heteroatoms. The van der Waals surface area contributed by atoms with Crippen LogP contribution in [0.15, 0.2) is 36.4 Å². The zero-order chi connectivity index (χ0) is 14.3.